The number of nitrogen functional groups attached to an aromatic ring is 1. The molecule has 0 aliphatic carbocycles. The summed E-state index contributed by atoms with van der Waals surface area (Å²) in [6.45, 7) is 34.2. The Balaban J connectivity index is 0.000000125. The molecule has 10 aromatic heterocycles. The summed E-state index contributed by atoms with van der Waals surface area (Å²) in [7, 11) is 0. The molecule has 20 rings (SSSR count). The van der Waals surface area contributed by atoms with E-state index in [0.717, 1.165) is 156 Å². The number of aromatic nitrogens is 16. The lowest BCUT2D eigenvalue weighted by molar-refractivity contribution is -0.133. The number of carbonyl (C=O) groups excluding carboxylic acids is 5. The van der Waals surface area contributed by atoms with Crippen LogP contribution in [-0.4, -0.2) is 192 Å². The van der Waals surface area contributed by atoms with Crippen LogP contribution in [0.1, 0.15) is 121 Å². The first-order valence-corrected chi connectivity index (χ1v) is 48.1. The van der Waals surface area contributed by atoms with Gasteiger partial charge in [0.1, 0.15) is 67.6 Å². The van der Waals surface area contributed by atoms with Gasteiger partial charge in [0.15, 0.2) is 11.0 Å². The highest BCUT2D eigenvalue weighted by atomic mass is 32.1. The van der Waals surface area contributed by atoms with Crippen molar-refractivity contribution in [3.63, 3.8) is 0 Å². The molecule has 30 nitrogen and oxygen atoms in total. The zero-order valence-corrected chi connectivity index (χ0v) is 81.9. The van der Waals surface area contributed by atoms with Crippen LogP contribution in [0.3, 0.4) is 0 Å². The fraction of sp³-hybridized carbons (Fsp3) is 0.360. The maximum atomic E-state index is 13.5. The van der Waals surface area contributed by atoms with E-state index >= 15 is 0 Å². The van der Waals surface area contributed by atoms with Crippen LogP contribution in [0.2, 0.25) is 0 Å². The Morgan fingerprint density at radius 3 is 1.01 bits per heavy atom. The maximum Gasteiger partial charge on any atom is 0.318 e. The summed E-state index contributed by atoms with van der Waals surface area (Å²) in [5.41, 5.74) is 25.2. The molecule has 5 aromatic carbocycles. The van der Waals surface area contributed by atoms with Gasteiger partial charge < -0.3 is 44.0 Å². The molecule has 0 bridgehead atoms. The number of nitrogens with zero attached hydrogens (tertiary/aromatic N) is 22. The molecule has 0 radical (unpaired) electrons. The van der Waals surface area contributed by atoms with Crippen LogP contribution >= 0.6 is 34.0 Å². The summed E-state index contributed by atoms with van der Waals surface area (Å²) in [5.74, 6) is 0.898. The Hall–Kier alpha value is -14.0. The molecular formula is C100H108F5N23O7S3. The first-order valence-electron chi connectivity index (χ1n) is 45.6. The van der Waals surface area contributed by atoms with E-state index in [1.165, 1.54) is 56.3 Å². The number of anilines is 2. The summed E-state index contributed by atoms with van der Waals surface area (Å²) >= 11 is 4.90. The number of aryl methyl sites for hydroxylation is 14. The number of nitrogens with two attached hydrogens (primary N) is 1. The molecule has 2 N–H and O–H groups in total. The zero-order chi connectivity index (χ0) is 97.8. The second-order valence-corrected chi connectivity index (χ2v) is 38.9. The normalized spacial score (nSPS) is 13.9. The van der Waals surface area contributed by atoms with E-state index in [1.54, 1.807) is 153 Å². The van der Waals surface area contributed by atoms with Gasteiger partial charge in [0.2, 0.25) is 35.4 Å². The molecule has 15 heterocycles. The molecular weight excluding hydrogens is 1830 g/mol. The summed E-state index contributed by atoms with van der Waals surface area (Å²) in [6.07, 6.45) is 3.89. The number of fused-ring (bicyclic) bond motifs is 4. The molecule has 5 aliphatic heterocycles. The SMILES string of the molecule is Cc1cc(-c2cc(C)n(CC(=O)N3CCc4nc(N)sc4CC3)n2)ccc1F.Cc1nc2c(o1)CN(C(=O)Cn1nc(-c3ccc(F)c(C)c3)cc1C)CC2.Cc1nc2c(s1)CCN(C(=O)Cn1nc(-c3ccc(F)c(C)c3)cc1C)CC2.Cc1nc2c(s1)CN(C(=O)Cn1nc(-c3ccc(F)c(C)c3)cc1C)C2.Cc1nnc(N2CCN(C(=O)Cn3nc(-c4ccc(F)c(C)c4)cc3C)CC2)o1. The van der Waals surface area contributed by atoms with Gasteiger partial charge >= 0.3 is 6.01 Å². The summed E-state index contributed by atoms with van der Waals surface area (Å²) in [4.78, 5) is 96.4. The van der Waals surface area contributed by atoms with Crippen LogP contribution in [0.25, 0.3) is 56.3 Å². The molecule has 138 heavy (non-hydrogen) atoms. The highest BCUT2D eigenvalue weighted by molar-refractivity contribution is 7.15. The average molecular weight is 1940 g/mol. The number of oxazole rings is 1. The lowest BCUT2D eigenvalue weighted by Crippen LogP contribution is -2.49. The average Bonchev–Trinajstić information content (AvgIpc) is 1.65. The summed E-state index contributed by atoms with van der Waals surface area (Å²) < 4.78 is 87.1. The minimum Gasteiger partial charge on any atom is -0.444 e. The molecule has 0 unspecified atom stereocenters. The van der Waals surface area contributed by atoms with Crippen LogP contribution in [0.4, 0.5) is 33.1 Å². The molecule has 1 fully saturated rings. The third-order valence-corrected chi connectivity index (χ3v) is 28.0. The lowest BCUT2D eigenvalue weighted by atomic mass is 10.1. The number of benzene rings is 5. The number of piperazine rings is 1. The van der Waals surface area contributed by atoms with Crippen LogP contribution in [0.15, 0.2) is 130 Å². The number of carbonyl (C=O) groups is 5. The van der Waals surface area contributed by atoms with Gasteiger partial charge in [-0.1, -0.05) is 5.10 Å². The van der Waals surface area contributed by atoms with Gasteiger partial charge in [-0.05, 0) is 232 Å². The van der Waals surface area contributed by atoms with Crippen molar-refractivity contribution < 1.29 is 54.8 Å². The first-order chi connectivity index (χ1) is 66.0. The number of hydrogen-bond acceptors (Lipinski definition) is 23. The lowest BCUT2D eigenvalue weighted by Gasteiger charge is -2.33. The molecule has 5 amide bonds. The molecule has 1 saturated heterocycles. The van der Waals surface area contributed by atoms with E-state index < -0.39 is 0 Å². The second-order valence-electron chi connectivity index (χ2n) is 35.2. The molecule has 38 heteroatoms. The van der Waals surface area contributed by atoms with Crippen molar-refractivity contribution in [2.45, 2.75) is 181 Å². The largest absolute Gasteiger partial charge is 0.444 e. The predicted molar refractivity (Wildman–Crippen MR) is 516 cm³/mol. The topological polar surface area (TPSA) is 324 Å². The van der Waals surface area contributed by atoms with Crippen molar-refractivity contribution >= 4 is 74.7 Å². The number of halogens is 5. The van der Waals surface area contributed by atoms with Crippen molar-refractivity contribution in [1.82, 2.24) is 104 Å². The van der Waals surface area contributed by atoms with E-state index in [0.29, 0.717) is 129 Å². The molecule has 5 aliphatic rings. The van der Waals surface area contributed by atoms with Crippen LogP contribution in [0, 0.1) is 126 Å². The molecule has 0 atom stereocenters. The van der Waals surface area contributed by atoms with Crippen LogP contribution in [-0.2, 0) is 108 Å². The van der Waals surface area contributed by atoms with E-state index in [4.69, 9.17) is 14.6 Å². The fourth-order valence-electron chi connectivity index (χ4n) is 17.0. The number of thiazole rings is 3. The highest BCUT2D eigenvalue weighted by Gasteiger charge is 2.32. The Bertz CT molecular complexity index is 6820. The van der Waals surface area contributed by atoms with E-state index in [9.17, 15) is 45.9 Å². The van der Waals surface area contributed by atoms with E-state index in [1.807, 2.05) is 110 Å². The quantitative estimate of drug-likeness (QED) is 0.0878. The molecule has 0 spiro atoms. The Kier molecular flexibility index (Phi) is 29.5. The minimum absolute atomic E-state index is 0.0114. The Labute approximate surface area is 807 Å². The van der Waals surface area contributed by atoms with E-state index in [2.05, 4.69) is 55.6 Å². The zero-order valence-electron chi connectivity index (χ0n) is 79.5. The van der Waals surface area contributed by atoms with Gasteiger partial charge in [0.25, 0.3) is 0 Å². The molecule has 718 valence electrons. The van der Waals surface area contributed by atoms with Gasteiger partial charge in [-0.15, -0.1) is 39.1 Å². The molecule has 0 saturated carbocycles. The standard InChI is InChI=1S/C21H23FN4OS.C20H23FN6O2.C20H22FN5OS.C20H21FN4O2.C19H19FN4OS/c1-13-10-16(4-5-17(13)22)19-11-14(2)26(24-19)12-21(27)25-8-6-18-20(7-9-25)28-15(3)23-18;1-13-10-16(4-5-17(13)21)18-11-14(2)27(24-18)12-19(28)25-6-8-26(9-7-25)20-23-22-15(3)29-20;1-12-9-14(3-4-15(12)21)17-10-13(2)26(24-17)11-19(27)25-7-5-16-18(6-8-25)28-20(22)23-16;1-12-8-15(4-5-16(12)21)18-9-13(2)25(23-18)11-20(26)24-7-6-17-19(10-24)27-14(3)22-17;1-11-6-14(4-5-15(11)20)16-7-12(2)24(22-16)10-19(25)23-8-17-18(9-23)26-13(3)21-17/h4-5,10-11H,6-9,12H2,1-3H3;4-5,10-11H,6-9,12H2,1-3H3;3-4,9-10H,5-8,11H2,1-2H3,(H2,22,23);4-5,8-9H,6-7,10-11H2,1-3H3;4-7H,8-10H2,1-3H3. The van der Waals surface area contributed by atoms with Gasteiger partial charge in [-0.25, -0.2) is 41.9 Å². The molecule has 15 aromatic rings. The van der Waals surface area contributed by atoms with Crippen molar-refractivity contribution in [2.75, 3.05) is 69.5 Å². The Morgan fingerprint density at radius 2 is 0.645 bits per heavy atom. The van der Waals surface area contributed by atoms with E-state index in [-0.39, 0.29) is 91.3 Å². The number of rotatable bonds is 16. The summed E-state index contributed by atoms with van der Waals surface area (Å²) in [6, 6.07) is 34.7. The minimum atomic E-state index is -0.241. The van der Waals surface area contributed by atoms with Gasteiger partial charge in [-0.3, -0.25) is 47.4 Å². The predicted octanol–water partition coefficient (Wildman–Crippen LogP) is 15.8. The van der Waals surface area contributed by atoms with Crippen molar-refractivity contribution in [1.29, 1.82) is 0 Å². The second kappa shape index (κ2) is 41.9. The first kappa shape index (κ1) is 97.1. The maximum absolute atomic E-state index is 13.5. The number of hydrogen-bond donors (Lipinski definition) is 1. The Morgan fingerprint density at radius 1 is 0.319 bits per heavy atom. The van der Waals surface area contributed by atoms with Crippen molar-refractivity contribution in [3.05, 3.63) is 272 Å². The van der Waals surface area contributed by atoms with Crippen molar-refractivity contribution in [3.8, 4) is 56.3 Å². The van der Waals surface area contributed by atoms with Gasteiger partial charge in [-0.2, -0.15) is 25.5 Å². The monoisotopic (exact) mass is 1930 g/mol. The smallest absolute Gasteiger partial charge is 0.318 e. The van der Waals surface area contributed by atoms with Crippen LogP contribution < -0.4 is 10.6 Å². The number of amides is 5. The third kappa shape index (κ3) is 22.9. The van der Waals surface area contributed by atoms with Gasteiger partial charge in [0.05, 0.1) is 80.9 Å². The van der Waals surface area contributed by atoms with Crippen LogP contribution in [0.5, 0.6) is 0 Å². The fourth-order valence-corrected chi connectivity index (χ4v) is 19.8. The highest BCUT2D eigenvalue weighted by Crippen LogP contribution is 2.34. The van der Waals surface area contributed by atoms with Gasteiger partial charge in [0, 0.05) is 176 Å². The van der Waals surface area contributed by atoms with Crippen molar-refractivity contribution in [2.24, 2.45) is 0 Å². The third-order valence-electron chi connectivity index (χ3n) is 25.0. The summed E-state index contributed by atoms with van der Waals surface area (Å²) in [5, 5.41) is 33.4.